The maximum atomic E-state index is 11.9. The first-order chi connectivity index (χ1) is 16.4. The molecule has 0 bridgehead atoms. The zero-order valence-corrected chi connectivity index (χ0v) is 18.6. The summed E-state index contributed by atoms with van der Waals surface area (Å²) in [6.07, 6.45) is 1.65. The summed E-state index contributed by atoms with van der Waals surface area (Å²) in [5, 5.41) is 23.1. The monoisotopic (exact) mass is 457 g/mol. The molecule has 9 nitrogen and oxygen atoms in total. The highest BCUT2D eigenvalue weighted by Crippen LogP contribution is 2.36. The normalized spacial score (nSPS) is 12.8. The third-order valence-corrected chi connectivity index (χ3v) is 6.00. The smallest absolute Gasteiger partial charge is 0.477 e. The number of aromatic amines is 1. The number of aryl methyl sites for hydroxylation is 1. The quantitative estimate of drug-likeness (QED) is 0.277. The second-order valence-corrected chi connectivity index (χ2v) is 8.32. The van der Waals surface area contributed by atoms with E-state index in [1.165, 1.54) is 0 Å². The molecule has 0 radical (unpaired) electrons. The molecule has 3 heterocycles. The Morgan fingerprint density at radius 1 is 1.24 bits per heavy atom. The zero-order chi connectivity index (χ0) is 23.8. The van der Waals surface area contributed by atoms with E-state index in [4.69, 9.17) is 20.4 Å². The minimum Gasteiger partial charge on any atom is -0.477 e. The Kier molecular flexibility index (Phi) is 5.68. The number of benzene rings is 2. The number of nitrogens with zero attached hydrogens (tertiary/aromatic N) is 2. The van der Waals surface area contributed by atoms with Crippen molar-refractivity contribution in [1.29, 1.82) is 0 Å². The van der Waals surface area contributed by atoms with Crippen LogP contribution in [0.15, 0.2) is 42.5 Å². The fourth-order valence-corrected chi connectivity index (χ4v) is 4.37. The van der Waals surface area contributed by atoms with Crippen LogP contribution in [0.1, 0.15) is 33.6 Å². The lowest BCUT2D eigenvalue weighted by molar-refractivity contribution is 0.100. The molecule has 10 heteroatoms. The Balaban J connectivity index is 1.57. The first-order valence-electron chi connectivity index (χ1n) is 11.1. The van der Waals surface area contributed by atoms with Crippen molar-refractivity contribution in [3.05, 3.63) is 64.8 Å². The second-order valence-electron chi connectivity index (χ2n) is 8.32. The van der Waals surface area contributed by atoms with Gasteiger partial charge in [-0.05, 0) is 36.9 Å². The average molecular weight is 457 g/mol. The molecule has 0 spiro atoms. The molecule has 0 saturated carbocycles. The van der Waals surface area contributed by atoms with E-state index in [-0.39, 0.29) is 0 Å². The highest BCUT2D eigenvalue weighted by atomic mass is 16.5. The molecule has 0 aliphatic carbocycles. The molecule has 4 aromatic rings. The number of rotatable bonds is 6. The van der Waals surface area contributed by atoms with Crippen LogP contribution in [0.25, 0.3) is 22.3 Å². The molecule has 1 amide bonds. The molecule has 6 N–H and O–H groups in total. The number of nitrogens with one attached hydrogen (secondary N) is 2. The maximum Gasteiger partial charge on any atom is 0.488 e. The third-order valence-electron chi connectivity index (χ3n) is 6.00. The summed E-state index contributed by atoms with van der Waals surface area (Å²) in [4.78, 5) is 24.7. The van der Waals surface area contributed by atoms with Gasteiger partial charge in [0.05, 0.1) is 23.3 Å². The number of carbonyl (C=O) groups is 1. The van der Waals surface area contributed by atoms with Crippen LogP contribution in [-0.4, -0.2) is 44.6 Å². The van der Waals surface area contributed by atoms with Crippen molar-refractivity contribution in [1.82, 2.24) is 15.0 Å². The fourth-order valence-electron chi connectivity index (χ4n) is 4.37. The van der Waals surface area contributed by atoms with Gasteiger partial charge in [-0.3, -0.25) is 4.79 Å². The Morgan fingerprint density at radius 3 is 2.85 bits per heavy atom. The molecule has 1 aliphatic heterocycles. The number of nitrogens with two attached hydrogens (primary N) is 1. The van der Waals surface area contributed by atoms with Crippen molar-refractivity contribution < 1.29 is 19.6 Å². The molecule has 1 aliphatic rings. The number of carbonyl (C=O) groups excluding carboxylic acids is 1. The minimum absolute atomic E-state index is 0.408. The van der Waals surface area contributed by atoms with Crippen LogP contribution < -0.4 is 21.3 Å². The van der Waals surface area contributed by atoms with E-state index in [1.54, 1.807) is 30.3 Å². The van der Waals surface area contributed by atoms with E-state index in [2.05, 4.69) is 10.3 Å². The molecule has 0 fully saturated rings. The first-order valence-corrected chi connectivity index (χ1v) is 11.1. The van der Waals surface area contributed by atoms with Crippen molar-refractivity contribution in [2.45, 2.75) is 26.3 Å². The molecule has 0 unspecified atom stereocenters. The van der Waals surface area contributed by atoms with Crippen molar-refractivity contribution in [2.75, 3.05) is 11.9 Å². The van der Waals surface area contributed by atoms with Crippen LogP contribution in [0.2, 0.25) is 0 Å². The third kappa shape index (κ3) is 3.97. The fraction of sp³-hybridized carbons (Fsp3) is 0.208. The summed E-state index contributed by atoms with van der Waals surface area (Å²) in [7, 11) is -1.53. The van der Waals surface area contributed by atoms with E-state index in [0.717, 1.165) is 40.6 Å². The molecule has 172 valence electrons. The van der Waals surface area contributed by atoms with Gasteiger partial charge in [-0.2, -0.15) is 4.98 Å². The van der Waals surface area contributed by atoms with E-state index in [9.17, 15) is 14.8 Å². The number of H-pyrrole nitrogens is 1. The Labute approximate surface area is 196 Å². The SMILES string of the molecule is Cc1[nH]c2c(C(N)=O)cccc2c1-c1nc(NCc2cccc(B(O)O)c2)c2c(n1)OCCC2. The van der Waals surface area contributed by atoms with Crippen molar-refractivity contribution in [3.63, 3.8) is 0 Å². The predicted octanol–water partition coefficient (Wildman–Crippen LogP) is 1.65. The van der Waals surface area contributed by atoms with Gasteiger partial charge in [-0.25, -0.2) is 4.98 Å². The molecule has 2 aromatic heterocycles. The predicted molar refractivity (Wildman–Crippen MR) is 130 cm³/mol. The Bertz CT molecular complexity index is 1400. The van der Waals surface area contributed by atoms with E-state index in [0.29, 0.717) is 47.2 Å². The van der Waals surface area contributed by atoms with Gasteiger partial charge >= 0.3 is 7.12 Å². The maximum absolute atomic E-state index is 11.9. The number of amides is 1. The number of fused-ring (bicyclic) bond motifs is 2. The lowest BCUT2D eigenvalue weighted by atomic mass is 9.79. The van der Waals surface area contributed by atoms with Crippen molar-refractivity contribution in [2.24, 2.45) is 5.73 Å². The zero-order valence-electron chi connectivity index (χ0n) is 18.6. The molecule has 5 rings (SSSR count). The summed E-state index contributed by atoms with van der Waals surface area (Å²) in [5.41, 5.74) is 10.4. The molecule has 34 heavy (non-hydrogen) atoms. The number of aromatic nitrogens is 3. The van der Waals surface area contributed by atoms with Crippen LogP contribution >= 0.6 is 0 Å². The Morgan fingerprint density at radius 2 is 2.06 bits per heavy atom. The van der Waals surface area contributed by atoms with Crippen LogP contribution in [0.4, 0.5) is 5.82 Å². The van der Waals surface area contributed by atoms with Gasteiger partial charge in [0, 0.05) is 23.2 Å². The average Bonchev–Trinajstić information content (AvgIpc) is 3.18. The first kappa shape index (κ1) is 21.9. The van der Waals surface area contributed by atoms with Gasteiger partial charge < -0.3 is 30.8 Å². The molecule has 0 saturated heterocycles. The van der Waals surface area contributed by atoms with E-state index in [1.807, 2.05) is 19.1 Å². The van der Waals surface area contributed by atoms with Gasteiger partial charge in [0.1, 0.15) is 5.82 Å². The van der Waals surface area contributed by atoms with Crippen molar-refractivity contribution in [3.8, 4) is 17.3 Å². The van der Waals surface area contributed by atoms with Crippen LogP contribution in [-0.2, 0) is 13.0 Å². The van der Waals surface area contributed by atoms with Crippen molar-refractivity contribution >= 4 is 35.2 Å². The summed E-state index contributed by atoms with van der Waals surface area (Å²) in [6.45, 7) is 2.92. The molecular formula is C24H24BN5O4. The van der Waals surface area contributed by atoms with Gasteiger partial charge in [-0.1, -0.05) is 36.4 Å². The molecule has 0 atom stereocenters. The van der Waals surface area contributed by atoms with Crippen LogP contribution in [0.3, 0.4) is 0 Å². The topological polar surface area (TPSA) is 146 Å². The van der Waals surface area contributed by atoms with Crippen LogP contribution in [0.5, 0.6) is 5.88 Å². The standard InChI is InChI=1S/C24H24BN5O4/c1-13-19(16-7-3-8-17(21(26)31)20(16)28-13)23-29-22(18-9-4-10-34-24(18)30-23)27-12-14-5-2-6-15(11-14)25(32)33/h2-3,5-8,11,28,32-33H,4,9-10,12H2,1H3,(H2,26,31)(H,27,29,30). The van der Waals surface area contributed by atoms with Gasteiger partial charge in [0.15, 0.2) is 5.82 Å². The summed E-state index contributed by atoms with van der Waals surface area (Å²) < 4.78 is 5.88. The number of hydrogen-bond donors (Lipinski definition) is 5. The summed E-state index contributed by atoms with van der Waals surface area (Å²) in [5.74, 6) is 1.17. The number of anilines is 1. The second kappa shape index (κ2) is 8.81. The molecular weight excluding hydrogens is 433 g/mol. The van der Waals surface area contributed by atoms with E-state index < -0.39 is 13.0 Å². The number of primary amides is 1. The largest absolute Gasteiger partial charge is 0.488 e. The lowest BCUT2D eigenvalue weighted by Gasteiger charge is -2.20. The summed E-state index contributed by atoms with van der Waals surface area (Å²) >= 11 is 0. The van der Waals surface area contributed by atoms with Crippen LogP contribution in [0, 0.1) is 6.92 Å². The van der Waals surface area contributed by atoms with E-state index >= 15 is 0 Å². The van der Waals surface area contributed by atoms with Gasteiger partial charge in [0.25, 0.3) is 5.91 Å². The summed E-state index contributed by atoms with van der Waals surface area (Å²) in [6, 6.07) is 12.5. The number of hydrogen-bond acceptors (Lipinski definition) is 7. The lowest BCUT2D eigenvalue weighted by Crippen LogP contribution is -2.30. The highest BCUT2D eigenvalue weighted by molar-refractivity contribution is 6.58. The number of para-hydroxylation sites is 1. The highest BCUT2D eigenvalue weighted by Gasteiger charge is 2.23. The Hall–Kier alpha value is -3.89. The van der Waals surface area contributed by atoms with Gasteiger partial charge in [0.2, 0.25) is 5.88 Å². The minimum atomic E-state index is -1.53. The number of ether oxygens (including phenoxy) is 1. The van der Waals surface area contributed by atoms with Gasteiger partial charge in [-0.15, -0.1) is 0 Å². The molecule has 2 aromatic carbocycles.